The highest BCUT2D eigenvalue weighted by Gasteiger charge is 2.13. The van der Waals surface area contributed by atoms with Crippen LogP contribution in [0.4, 0.5) is 5.69 Å². The molecule has 0 unspecified atom stereocenters. The Morgan fingerprint density at radius 2 is 1.91 bits per heavy atom. The minimum absolute atomic E-state index is 0.151. The lowest BCUT2D eigenvalue weighted by Crippen LogP contribution is -2.12. The molecule has 5 nitrogen and oxygen atoms in total. The predicted molar refractivity (Wildman–Crippen MR) is 86.2 cm³/mol. The summed E-state index contributed by atoms with van der Waals surface area (Å²) in [4.78, 5) is 16.9. The number of fused-ring (bicyclic) bond motifs is 1. The molecule has 0 radical (unpaired) electrons. The maximum Gasteiger partial charge on any atom is 0.255 e. The van der Waals surface area contributed by atoms with Gasteiger partial charge in [0.1, 0.15) is 0 Å². The summed E-state index contributed by atoms with van der Waals surface area (Å²) < 4.78 is 1.69. The lowest BCUT2D eigenvalue weighted by molar-refractivity contribution is 0.102. The molecule has 1 amide bonds. The van der Waals surface area contributed by atoms with E-state index in [1.807, 2.05) is 63.4 Å². The molecule has 1 N–H and O–H groups in total. The second-order valence-corrected chi connectivity index (χ2v) is 5.63. The molecular formula is C17H18N4O. The number of rotatable bonds is 3. The Bertz CT molecular complexity index is 818. The minimum Gasteiger partial charge on any atom is -0.319 e. The highest BCUT2D eigenvalue weighted by atomic mass is 16.1. The van der Waals surface area contributed by atoms with Gasteiger partial charge in [0.2, 0.25) is 0 Å². The van der Waals surface area contributed by atoms with E-state index in [9.17, 15) is 4.79 Å². The Labute approximate surface area is 129 Å². The Balaban J connectivity index is 1.93. The first-order valence-electron chi connectivity index (χ1n) is 7.28. The van der Waals surface area contributed by atoms with Gasteiger partial charge in [0, 0.05) is 17.7 Å². The van der Waals surface area contributed by atoms with Gasteiger partial charge in [0.15, 0.2) is 11.5 Å². The van der Waals surface area contributed by atoms with Crippen LogP contribution in [-0.4, -0.2) is 20.5 Å². The summed E-state index contributed by atoms with van der Waals surface area (Å²) in [5.74, 6) is 0.847. The first-order valence-corrected chi connectivity index (χ1v) is 7.28. The Morgan fingerprint density at radius 3 is 2.59 bits per heavy atom. The van der Waals surface area contributed by atoms with Gasteiger partial charge in [-0.1, -0.05) is 31.5 Å². The molecule has 0 bridgehead atoms. The molecule has 3 rings (SSSR count). The van der Waals surface area contributed by atoms with Gasteiger partial charge in [0.05, 0.1) is 5.69 Å². The molecule has 5 heteroatoms. The number of carbonyl (C=O) groups excluding carboxylic acids is 1. The molecule has 0 fully saturated rings. The molecule has 2 aromatic heterocycles. The summed E-state index contributed by atoms with van der Waals surface area (Å²) in [6, 6.07) is 11.1. The van der Waals surface area contributed by atoms with Crippen molar-refractivity contribution in [1.82, 2.24) is 14.6 Å². The summed E-state index contributed by atoms with van der Waals surface area (Å²) in [6.45, 7) is 6.07. The van der Waals surface area contributed by atoms with Crippen LogP contribution in [0.25, 0.3) is 5.65 Å². The first-order chi connectivity index (χ1) is 10.5. The summed E-state index contributed by atoms with van der Waals surface area (Å²) >= 11 is 0. The third-order valence-electron chi connectivity index (χ3n) is 3.46. The number of pyridine rings is 1. The van der Waals surface area contributed by atoms with Gasteiger partial charge in [-0.2, -0.15) is 5.10 Å². The van der Waals surface area contributed by atoms with Crippen LogP contribution in [0.5, 0.6) is 0 Å². The molecule has 0 saturated carbocycles. The molecule has 3 aromatic rings. The molecule has 0 aliphatic rings. The van der Waals surface area contributed by atoms with Gasteiger partial charge >= 0.3 is 0 Å². The number of nitrogens with one attached hydrogen (secondary N) is 1. The molecule has 0 spiro atoms. The molecule has 0 atom stereocenters. The van der Waals surface area contributed by atoms with E-state index in [2.05, 4.69) is 15.4 Å². The summed E-state index contributed by atoms with van der Waals surface area (Å²) in [5, 5.41) is 7.33. The number of carbonyl (C=O) groups is 1. The van der Waals surface area contributed by atoms with Crippen LogP contribution in [0.2, 0.25) is 0 Å². The largest absolute Gasteiger partial charge is 0.319 e. The van der Waals surface area contributed by atoms with Crippen molar-refractivity contribution in [2.75, 3.05) is 5.32 Å². The van der Waals surface area contributed by atoms with Crippen molar-refractivity contribution in [2.24, 2.45) is 0 Å². The van der Waals surface area contributed by atoms with Crippen molar-refractivity contribution in [3.63, 3.8) is 0 Å². The summed E-state index contributed by atoms with van der Waals surface area (Å²) in [7, 11) is 0. The van der Waals surface area contributed by atoms with Crippen LogP contribution < -0.4 is 5.32 Å². The first kappa shape index (κ1) is 14.3. The quantitative estimate of drug-likeness (QED) is 0.805. The molecule has 2 heterocycles. The maximum absolute atomic E-state index is 12.3. The molecule has 0 aliphatic carbocycles. The van der Waals surface area contributed by atoms with Crippen LogP contribution in [0.15, 0.2) is 42.6 Å². The van der Waals surface area contributed by atoms with E-state index < -0.39 is 0 Å². The zero-order chi connectivity index (χ0) is 15.7. The maximum atomic E-state index is 12.3. The molecule has 112 valence electrons. The van der Waals surface area contributed by atoms with Gasteiger partial charge in [-0.3, -0.25) is 4.79 Å². The average molecular weight is 294 g/mol. The van der Waals surface area contributed by atoms with Crippen molar-refractivity contribution in [3.8, 4) is 0 Å². The Kier molecular flexibility index (Phi) is 3.63. The minimum atomic E-state index is -0.151. The van der Waals surface area contributed by atoms with Crippen LogP contribution in [-0.2, 0) is 0 Å². The fraction of sp³-hybridized carbons (Fsp3) is 0.235. The van der Waals surface area contributed by atoms with E-state index >= 15 is 0 Å². The SMILES string of the molecule is Cc1ccc(C(=O)Nc2cccn3nc(C(C)C)nc23)cc1. The van der Waals surface area contributed by atoms with Crippen LogP contribution in [0, 0.1) is 6.92 Å². The zero-order valence-corrected chi connectivity index (χ0v) is 12.9. The standard InChI is InChI=1S/C17H18N4O/c1-11(2)15-19-16-14(5-4-10-21(16)20-15)18-17(22)13-8-6-12(3)7-9-13/h4-11H,1-3H3,(H,18,22). The number of amides is 1. The van der Waals surface area contributed by atoms with Crippen molar-refractivity contribution >= 4 is 17.2 Å². The van der Waals surface area contributed by atoms with Gasteiger partial charge in [0.25, 0.3) is 5.91 Å². The predicted octanol–water partition coefficient (Wildman–Crippen LogP) is 3.41. The third-order valence-corrected chi connectivity index (χ3v) is 3.46. The van der Waals surface area contributed by atoms with E-state index in [-0.39, 0.29) is 11.8 Å². The van der Waals surface area contributed by atoms with Crippen LogP contribution >= 0.6 is 0 Å². The van der Waals surface area contributed by atoms with Crippen molar-refractivity contribution in [1.29, 1.82) is 0 Å². The van der Waals surface area contributed by atoms with Gasteiger partial charge in [-0.15, -0.1) is 0 Å². The summed E-state index contributed by atoms with van der Waals surface area (Å²) in [5.41, 5.74) is 3.06. The van der Waals surface area contributed by atoms with E-state index in [0.29, 0.717) is 16.9 Å². The number of hydrogen-bond acceptors (Lipinski definition) is 3. The normalized spacial score (nSPS) is 11.1. The van der Waals surface area contributed by atoms with E-state index in [4.69, 9.17) is 0 Å². The van der Waals surface area contributed by atoms with Gasteiger partial charge in [-0.05, 0) is 31.2 Å². The molecule has 0 saturated heterocycles. The monoisotopic (exact) mass is 294 g/mol. The van der Waals surface area contributed by atoms with Crippen molar-refractivity contribution < 1.29 is 4.79 Å². The molecular weight excluding hydrogens is 276 g/mol. The number of nitrogens with zero attached hydrogens (tertiary/aromatic N) is 3. The van der Waals surface area contributed by atoms with E-state index in [1.54, 1.807) is 4.52 Å². The molecule has 1 aromatic carbocycles. The number of anilines is 1. The number of aromatic nitrogens is 3. The highest BCUT2D eigenvalue weighted by Crippen LogP contribution is 2.19. The van der Waals surface area contributed by atoms with Gasteiger partial charge in [-0.25, -0.2) is 9.50 Å². The second-order valence-electron chi connectivity index (χ2n) is 5.63. The smallest absolute Gasteiger partial charge is 0.255 e. The second kappa shape index (κ2) is 5.60. The molecule has 0 aliphatic heterocycles. The number of benzene rings is 1. The number of hydrogen-bond donors (Lipinski definition) is 1. The fourth-order valence-corrected chi connectivity index (χ4v) is 2.16. The zero-order valence-electron chi connectivity index (χ0n) is 12.9. The Morgan fingerprint density at radius 1 is 1.18 bits per heavy atom. The van der Waals surface area contributed by atoms with E-state index in [1.165, 1.54) is 0 Å². The highest BCUT2D eigenvalue weighted by molar-refractivity contribution is 6.05. The van der Waals surface area contributed by atoms with Crippen molar-refractivity contribution in [3.05, 3.63) is 59.5 Å². The van der Waals surface area contributed by atoms with Crippen LogP contribution in [0.1, 0.15) is 41.5 Å². The van der Waals surface area contributed by atoms with Gasteiger partial charge < -0.3 is 5.32 Å². The topological polar surface area (TPSA) is 59.3 Å². The third kappa shape index (κ3) is 2.70. The van der Waals surface area contributed by atoms with Crippen molar-refractivity contribution in [2.45, 2.75) is 26.7 Å². The molecule has 22 heavy (non-hydrogen) atoms. The lowest BCUT2D eigenvalue weighted by Gasteiger charge is -2.06. The van der Waals surface area contributed by atoms with Crippen LogP contribution in [0.3, 0.4) is 0 Å². The summed E-state index contributed by atoms with van der Waals surface area (Å²) in [6.07, 6.45) is 1.83. The average Bonchev–Trinajstić information content (AvgIpc) is 2.93. The lowest BCUT2D eigenvalue weighted by atomic mass is 10.1. The Hall–Kier alpha value is -2.69. The fourth-order valence-electron chi connectivity index (χ4n) is 2.16. The number of aryl methyl sites for hydroxylation is 1. The van der Waals surface area contributed by atoms with E-state index in [0.717, 1.165) is 11.4 Å².